The molecule has 148 valence electrons. The van der Waals surface area contributed by atoms with Crippen LogP contribution in [0.15, 0.2) is 58.9 Å². The Morgan fingerprint density at radius 2 is 1.93 bits per heavy atom. The summed E-state index contributed by atoms with van der Waals surface area (Å²) in [4.78, 5) is 12.4. The summed E-state index contributed by atoms with van der Waals surface area (Å²) in [6.07, 6.45) is 4.18. The average molecular weight is 426 g/mol. The number of carbonyl (C=O) groups excluding carboxylic acids is 1. The molecule has 1 N–H and O–H groups in total. The van der Waals surface area contributed by atoms with E-state index in [1.54, 1.807) is 30.0 Å². The first-order valence-corrected chi connectivity index (χ1v) is 10.9. The number of rotatable bonds is 8. The third-order valence-electron chi connectivity index (χ3n) is 4.08. The number of fused-ring (bicyclic) bond motifs is 1. The zero-order valence-corrected chi connectivity index (χ0v) is 17.2. The summed E-state index contributed by atoms with van der Waals surface area (Å²) in [5, 5.41) is 11.9. The van der Waals surface area contributed by atoms with Crippen molar-refractivity contribution >= 4 is 40.1 Å². The number of ether oxygens (including phenoxy) is 2. The molecule has 8 heteroatoms. The quantitative estimate of drug-likeness (QED) is 0.423. The third-order valence-corrected chi connectivity index (χ3v) is 6.05. The molecule has 0 atom stereocenters. The monoisotopic (exact) mass is 425 g/mol. The number of nitrogens with one attached hydrogen (secondary N) is 1. The molecule has 6 nitrogen and oxygen atoms in total. The number of Topliss-reactive ketones (excluding diaryl/α,β-unsaturated/α-hetero) is 1. The van der Waals surface area contributed by atoms with E-state index in [1.165, 1.54) is 16.9 Å². The van der Waals surface area contributed by atoms with Crippen LogP contribution in [0.5, 0.6) is 11.5 Å². The molecular formula is C21H19N3O3S2. The second kappa shape index (κ2) is 9.58. The van der Waals surface area contributed by atoms with Crippen molar-refractivity contribution in [2.45, 2.75) is 4.34 Å². The van der Waals surface area contributed by atoms with Crippen molar-refractivity contribution in [3.05, 3.63) is 65.7 Å². The van der Waals surface area contributed by atoms with Crippen LogP contribution in [-0.2, 0) is 0 Å². The predicted molar refractivity (Wildman–Crippen MR) is 116 cm³/mol. The van der Waals surface area contributed by atoms with Gasteiger partial charge in [0.25, 0.3) is 0 Å². The lowest BCUT2D eigenvalue weighted by Gasteiger charge is -2.18. The van der Waals surface area contributed by atoms with E-state index in [0.29, 0.717) is 35.4 Å². The zero-order chi connectivity index (χ0) is 19.9. The Hall–Kier alpha value is -2.84. The number of aromatic nitrogens is 2. The fraction of sp³-hybridized carbons (Fsp3) is 0.190. The molecule has 1 aliphatic heterocycles. The largest absolute Gasteiger partial charge is 0.486 e. The number of thioether (sulfide) groups is 1. The maximum Gasteiger partial charge on any atom is 0.206 e. The maximum absolute atomic E-state index is 12.4. The van der Waals surface area contributed by atoms with Crippen LogP contribution in [0.4, 0.5) is 5.13 Å². The average Bonchev–Trinajstić information content (AvgIpc) is 3.23. The molecule has 2 aromatic carbocycles. The lowest BCUT2D eigenvalue weighted by Crippen LogP contribution is -2.17. The molecule has 0 bridgehead atoms. The molecule has 0 saturated carbocycles. The molecule has 1 aromatic heterocycles. The SMILES string of the molecule is O=C(CNc1nnc(SC/C=C/c2ccccc2)s1)c1ccc2c(c1)OCCO2. The fourth-order valence-corrected chi connectivity index (χ4v) is 4.27. The van der Waals surface area contributed by atoms with E-state index in [9.17, 15) is 4.79 Å². The number of hydrogen-bond donors (Lipinski definition) is 1. The first-order chi connectivity index (χ1) is 14.3. The van der Waals surface area contributed by atoms with Gasteiger partial charge in [-0.1, -0.05) is 65.6 Å². The third kappa shape index (κ3) is 5.36. The summed E-state index contributed by atoms with van der Waals surface area (Å²) in [7, 11) is 0. The standard InChI is InChI=1S/C21H19N3O3S2/c25-17(16-8-9-18-19(13-16)27-11-10-26-18)14-22-20-23-24-21(29-20)28-12-4-7-15-5-2-1-3-6-15/h1-9,13H,10-12,14H2,(H,22,23)/b7-4+. The van der Waals surface area contributed by atoms with Crippen LogP contribution < -0.4 is 14.8 Å². The van der Waals surface area contributed by atoms with Gasteiger partial charge in [0, 0.05) is 11.3 Å². The van der Waals surface area contributed by atoms with Gasteiger partial charge in [0.05, 0.1) is 6.54 Å². The van der Waals surface area contributed by atoms with Crippen LogP contribution in [0, 0.1) is 0 Å². The second-order valence-electron chi connectivity index (χ2n) is 6.13. The van der Waals surface area contributed by atoms with Crippen molar-refractivity contribution in [1.82, 2.24) is 10.2 Å². The van der Waals surface area contributed by atoms with E-state index in [0.717, 1.165) is 10.1 Å². The van der Waals surface area contributed by atoms with Gasteiger partial charge in [-0.3, -0.25) is 4.79 Å². The smallest absolute Gasteiger partial charge is 0.206 e. The topological polar surface area (TPSA) is 73.3 Å². The Morgan fingerprint density at radius 3 is 2.79 bits per heavy atom. The van der Waals surface area contributed by atoms with Gasteiger partial charge in [-0.05, 0) is 23.8 Å². The van der Waals surface area contributed by atoms with Crippen LogP contribution in [0.1, 0.15) is 15.9 Å². The van der Waals surface area contributed by atoms with E-state index < -0.39 is 0 Å². The second-order valence-corrected chi connectivity index (χ2v) is 8.38. The maximum atomic E-state index is 12.4. The molecule has 0 spiro atoms. The first-order valence-electron chi connectivity index (χ1n) is 9.12. The minimum atomic E-state index is -0.0443. The highest BCUT2D eigenvalue weighted by Gasteiger charge is 2.15. The molecule has 0 radical (unpaired) electrons. The summed E-state index contributed by atoms with van der Waals surface area (Å²) in [6.45, 7) is 1.17. The number of carbonyl (C=O) groups is 1. The van der Waals surface area contributed by atoms with Crippen molar-refractivity contribution in [3.8, 4) is 11.5 Å². The number of anilines is 1. The van der Waals surface area contributed by atoms with E-state index in [4.69, 9.17) is 9.47 Å². The zero-order valence-electron chi connectivity index (χ0n) is 15.5. The highest BCUT2D eigenvalue weighted by Crippen LogP contribution is 2.31. The van der Waals surface area contributed by atoms with Crippen molar-refractivity contribution in [3.63, 3.8) is 0 Å². The van der Waals surface area contributed by atoms with Crippen LogP contribution >= 0.6 is 23.1 Å². The number of benzene rings is 2. The minimum absolute atomic E-state index is 0.0443. The summed E-state index contributed by atoms with van der Waals surface area (Å²) in [5.74, 6) is 2.05. The molecule has 0 aliphatic carbocycles. The van der Waals surface area contributed by atoms with Gasteiger partial charge < -0.3 is 14.8 Å². The van der Waals surface area contributed by atoms with Gasteiger partial charge in [0.15, 0.2) is 21.6 Å². The molecule has 29 heavy (non-hydrogen) atoms. The molecular weight excluding hydrogens is 406 g/mol. The molecule has 2 heterocycles. The molecule has 1 aliphatic rings. The van der Waals surface area contributed by atoms with E-state index >= 15 is 0 Å². The summed E-state index contributed by atoms with van der Waals surface area (Å²) in [5.41, 5.74) is 1.75. The first kappa shape index (κ1) is 19.5. The predicted octanol–water partition coefficient (Wildman–Crippen LogP) is 4.41. The Labute approximate surface area is 177 Å². The molecule has 0 amide bonds. The number of hydrogen-bond acceptors (Lipinski definition) is 8. The normalized spacial score (nSPS) is 12.8. The molecule has 0 saturated heterocycles. The van der Waals surface area contributed by atoms with E-state index in [2.05, 4.69) is 39.8 Å². The Morgan fingerprint density at radius 1 is 1.10 bits per heavy atom. The van der Waals surface area contributed by atoms with Crippen molar-refractivity contribution < 1.29 is 14.3 Å². The number of nitrogens with zero attached hydrogens (tertiary/aromatic N) is 2. The van der Waals surface area contributed by atoms with Crippen LogP contribution in [-0.4, -0.2) is 41.5 Å². The van der Waals surface area contributed by atoms with Gasteiger partial charge in [0.1, 0.15) is 13.2 Å². The lowest BCUT2D eigenvalue weighted by atomic mass is 10.1. The minimum Gasteiger partial charge on any atom is -0.486 e. The molecule has 3 aromatic rings. The van der Waals surface area contributed by atoms with E-state index in [1.807, 2.05) is 18.2 Å². The Balaban J connectivity index is 1.26. The van der Waals surface area contributed by atoms with Crippen molar-refractivity contribution in [2.24, 2.45) is 0 Å². The van der Waals surface area contributed by atoms with Crippen molar-refractivity contribution in [1.29, 1.82) is 0 Å². The lowest BCUT2D eigenvalue weighted by molar-refractivity contribution is 0.100. The van der Waals surface area contributed by atoms with Gasteiger partial charge in [-0.2, -0.15) is 0 Å². The summed E-state index contributed by atoms with van der Waals surface area (Å²) < 4.78 is 11.9. The highest BCUT2D eigenvalue weighted by molar-refractivity contribution is 8.01. The Bertz CT molecular complexity index is 1010. The van der Waals surface area contributed by atoms with Gasteiger partial charge >= 0.3 is 0 Å². The molecule has 4 rings (SSSR count). The van der Waals surface area contributed by atoms with Crippen molar-refractivity contribution in [2.75, 3.05) is 30.8 Å². The Kier molecular flexibility index (Phi) is 6.43. The fourth-order valence-electron chi connectivity index (χ4n) is 2.68. The van der Waals surface area contributed by atoms with Crippen LogP contribution in [0.2, 0.25) is 0 Å². The molecule has 0 unspecified atom stereocenters. The van der Waals surface area contributed by atoms with Gasteiger partial charge in [-0.25, -0.2) is 0 Å². The summed E-state index contributed by atoms with van der Waals surface area (Å²) in [6, 6.07) is 15.4. The molecule has 0 fully saturated rings. The van der Waals surface area contributed by atoms with Crippen LogP contribution in [0.25, 0.3) is 6.08 Å². The van der Waals surface area contributed by atoms with Gasteiger partial charge in [0.2, 0.25) is 5.13 Å². The number of ketones is 1. The van der Waals surface area contributed by atoms with E-state index in [-0.39, 0.29) is 12.3 Å². The summed E-state index contributed by atoms with van der Waals surface area (Å²) >= 11 is 3.05. The van der Waals surface area contributed by atoms with Gasteiger partial charge in [-0.15, -0.1) is 10.2 Å². The van der Waals surface area contributed by atoms with Crippen LogP contribution in [0.3, 0.4) is 0 Å². The highest BCUT2D eigenvalue weighted by atomic mass is 32.2.